The summed E-state index contributed by atoms with van der Waals surface area (Å²) in [5.74, 6) is 1.37. The van der Waals surface area contributed by atoms with E-state index in [0.717, 1.165) is 33.4 Å². The van der Waals surface area contributed by atoms with E-state index in [-0.39, 0.29) is 6.04 Å². The van der Waals surface area contributed by atoms with Crippen LogP contribution in [0.15, 0.2) is 59.3 Å². The van der Waals surface area contributed by atoms with Crippen LogP contribution in [-0.4, -0.2) is 30.0 Å². The van der Waals surface area contributed by atoms with Gasteiger partial charge in [-0.2, -0.15) is 8.42 Å². The van der Waals surface area contributed by atoms with E-state index in [1.165, 1.54) is 29.2 Å². The van der Waals surface area contributed by atoms with E-state index in [4.69, 9.17) is 19.3 Å². The summed E-state index contributed by atoms with van der Waals surface area (Å²) in [5, 5.41) is 9.65. The van der Waals surface area contributed by atoms with Crippen molar-refractivity contribution >= 4 is 43.8 Å². The number of hydrogen-bond acceptors (Lipinski definition) is 8. The van der Waals surface area contributed by atoms with Crippen LogP contribution in [-0.2, 0) is 16.7 Å². The normalized spacial score (nSPS) is 14.5. The third-order valence-electron chi connectivity index (χ3n) is 5.63. The molecule has 2 heterocycles. The van der Waals surface area contributed by atoms with Crippen molar-refractivity contribution in [1.82, 2.24) is 9.97 Å². The van der Waals surface area contributed by atoms with E-state index < -0.39 is 10.3 Å². The van der Waals surface area contributed by atoms with Crippen LogP contribution in [0.2, 0.25) is 0 Å². The van der Waals surface area contributed by atoms with Crippen molar-refractivity contribution < 1.29 is 17.7 Å². The maximum absolute atomic E-state index is 11.1. The third kappa shape index (κ3) is 6.17. The summed E-state index contributed by atoms with van der Waals surface area (Å²) in [5.41, 5.74) is 4.11. The van der Waals surface area contributed by atoms with Gasteiger partial charge in [-0.25, -0.2) is 9.97 Å². The number of anilines is 2. The van der Waals surface area contributed by atoms with Crippen LogP contribution < -0.4 is 14.8 Å². The van der Waals surface area contributed by atoms with Crippen LogP contribution in [0.5, 0.6) is 5.75 Å². The molecule has 4 aromatic rings. The number of nitrogens with zero attached hydrogens (tertiary/aromatic N) is 2. The minimum absolute atomic E-state index is 0.108. The van der Waals surface area contributed by atoms with Gasteiger partial charge >= 0.3 is 10.3 Å². The molecule has 35 heavy (non-hydrogen) atoms. The van der Waals surface area contributed by atoms with Crippen LogP contribution in [0, 0.1) is 0 Å². The highest BCUT2D eigenvalue weighted by atomic mass is 32.2. The minimum atomic E-state index is -4.31. The van der Waals surface area contributed by atoms with Gasteiger partial charge < -0.3 is 10.1 Å². The molecule has 11 heteroatoms. The second-order valence-electron chi connectivity index (χ2n) is 8.33. The van der Waals surface area contributed by atoms with Gasteiger partial charge in [0.15, 0.2) is 5.13 Å². The Labute approximate surface area is 211 Å². The SMILES string of the molecule is COc1cccc(-c2csc(N[C@@H](Cc3ccc(NS(=O)(=O)O)cc3)c3csc(C4CC4)n3)n2)c1. The van der Waals surface area contributed by atoms with Crippen molar-refractivity contribution in [2.75, 3.05) is 17.1 Å². The van der Waals surface area contributed by atoms with Crippen molar-refractivity contribution in [2.45, 2.75) is 31.2 Å². The second-order valence-corrected chi connectivity index (χ2v) is 11.2. The van der Waals surface area contributed by atoms with Crippen LogP contribution in [0.4, 0.5) is 10.8 Å². The summed E-state index contributed by atoms with van der Waals surface area (Å²) >= 11 is 3.23. The zero-order valence-electron chi connectivity index (χ0n) is 18.8. The van der Waals surface area contributed by atoms with Gasteiger partial charge in [-0.05, 0) is 49.1 Å². The highest BCUT2D eigenvalue weighted by Gasteiger charge is 2.28. The molecule has 0 spiro atoms. The summed E-state index contributed by atoms with van der Waals surface area (Å²) in [7, 11) is -2.66. The van der Waals surface area contributed by atoms with Gasteiger partial charge in [-0.3, -0.25) is 9.27 Å². The Kier molecular flexibility index (Phi) is 6.74. The fourth-order valence-electron chi connectivity index (χ4n) is 3.71. The Hall–Kier alpha value is -2.99. The van der Waals surface area contributed by atoms with E-state index in [2.05, 4.69) is 15.4 Å². The summed E-state index contributed by atoms with van der Waals surface area (Å²) < 4.78 is 38.5. The predicted molar refractivity (Wildman–Crippen MR) is 140 cm³/mol. The molecule has 1 atom stereocenters. The van der Waals surface area contributed by atoms with Gasteiger partial charge in [-0.15, -0.1) is 22.7 Å². The largest absolute Gasteiger partial charge is 0.497 e. The van der Waals surface area contributed by atoms with Crippen LogP contribution in [0.25, 0.3) is 11.3 Å². The van der Waals surface area contributed by atoms with Crippen molar-refractivity contribution in [2.24, 2.45) is 0 Å². The molecule has 0 amide bonds. The van der Waals surface area contributed by atoms with E-state index in [1.54, 1.807) is 30.6 Å². The van der Waals surface area contributed by atoms with Crippen molar-refractivity contribution in [3.05, 3.63) is 75.6 Å². The van der Waals surface area contributed by atoms with Crippen molar-refractivity contribution in [3.63, 3.8) is 0 Å². The Morgan fingerprint density at radius 1 is 1.11 bits per heavy atom. The number of rotatable bonds is 10. The molecule has 2 aromatic carbocycles. The average Bonchev–Trinajstić information content (AvgIpc) is 3.37. The molecule has 0 unspecified atom stereocenters. The van der Waals surface area contributed by atoms with E-state index in [0.29, 0.717) is 18.0 Å². The Morgan fingerprint density at radius 2 is 1.91 bits per heavy atom. The summed E-state index contributed by atoms with van der Waals surface area (Å²) in [6, 6.07) is 14.6. The van der Waals surface area contributed by atoms with Crippen molar-refractivity contribution in [1.29, 1.82) is 0 Å². The van der Waals surface area contributed by atoms with Gasteiger partial charge in [0, 0.05) is 22.2 Å². The molecule has 1 fully saturated rings. The standard InChI is InChI=1S/C24H24N4O4S3/c1-32-19-4-2-3-17(12-19)21-13-34-24(27-21)26-20(22-14-33-23(25-22)16-7-8-16)11-15-5-9-18(10-6-15)28-35(29,30)31/h2-6,9-10,12-14,16,20,28H,7-8,11H2,1H3,(H,26,27)(H,29,30,31)/t20-/m0/s1. The van der Waals surface area contributed by atoms with Gasteiger partial charge in [0.25, 0.3) is 0 Å². The lowest BCUT2D eigenvalue weighted by atomic mass is 10.0. The number of methoxy groups -OCH3 is 1. The number of ether oxygens (including phenoxy) is 1. The molecule has 8 nitrogen and oxygen atoms in total. The fourth-order valence-corrected chi connectivity index (χ4v) is 5.96. The van der Waals surface area contributed by atoms with E-state index in [9.17, 15) is 8.42 Å². The summed E-state index contributed by atoms with van der Waals surface area (Å²) in [4.78, 5) is 9.70. The molecule has 0 radical (unpaired) electrons. The van der Waals surface area contributed by atoms with Crippen molar-refractivity contribution in [3.8, 4) is 17.0 Å². The highest BCUT2D eigenvalue weighted by Crippen LogP contribution is 2.42. The fraction of sp³-hybridized carbons (Fsp3) is 0.250. The lowest BCUT2D eigenvalue weighted by molar-refractivity contribution is 0.415. The van der Waals surface area contributed by atoms with E-state index >= 15 is 0 Å². The Bertz CT molecular complexity index is 1410. The van der Waals surface area contributed by atoms with Crippen LogP contribution in [0.1, 0.15) is 41.1 Å². The Balaban J connectivity index is 1.37. The first-order chi connectivity index (χ1) is 16.9. The first kappa shape index (κ1) is 23.7. The molecule has 0 bridgehead atoms. The first-order valence-corrected chi connectivity index (χ1v) is 14.2. The smallest absolute Gasteiger partial charge is 0.357 e. The van der Waals surface area contributed by atoms with E-state index in [1.807, 2.05) is 41.8 Å². The molecule has 5 rings (SSSR count). The number of benzene rings is 2. The third-order valence-corrected chi connectivity index (χ3v) is 7.92. The van der Waals surface area contributed by atoms with Crippen LogP contribution >= 0.6 is 22.7 Å². The number of aromatic nitrogens is 2. The molecular weight excluding hydrogens is 504 g/mol. The predicted octanol–water partition coefficient (Wildman–Crippen LogP) is 5.76. The molecule has 0 saturated heterocycles. The zero-order valence-corrected chi connectivity index (χ0v) is 21.3. The maximum Gasteiger partial charge on any atom is 0.357 e. The number of nitrogens with one attached hydrogen (secondary N) is 2. The molecule has 2 aromatic heterocycles. The lowest BCUT2D eigenvalue weighted by Gasteiger charge is -2.17. The number of thiazole rings is 2. The molecule has 1 aliphatic carbocycles. The first-order valence-electron chi connectivity index (χ1n) is 11.0. The molecule has 1 aliphatic rings. The minimum Gasteiger partial charge on any atom is -0.497 e. The highest BCUT2D eigenvalue weighted by molar-refractivity contribution is 7.87. The van der Waals surface area contributed by atoms with Gasteiger partial charge in [0.05, 0.1) is 35.2 Å². The zero-order chi connectivity index (χ0) is 24.4. The van der Waals surface area contributed by atoms with Crippen LogP contribution in [0.3, 0.4) is 0 Å². The van der Waals surface area contributed by atoms with Gasteiger partial charge in [0.2, 0.25) is 0 Å². The number of hydrogen-bond donors (Lipinski definition) is 3. The maximum atomic E-state index is 11.1. The molecule has 0 aliphatic heterocycles. The average molecular weight is 529 g/mol. The Morgan fingerprint density at radius 3 is 2.63 bits per heavy atom. The monoisotopic (exact) mass is 528 g/mol. The molecule has 182 valence electrons. The molecular formula is C24H24N4O4S3. The summed E-state index contributed by atoms with van der Waals surface area (Å²) in [6.07, 6.45) is 3.03. The second kappa shape index (κ2) is 9.94. The quantitative estimate of drug-likeness (QED) is 0.224. The van der Waals surface area contributed by atoms with Gasteiger partial charge in [-0.1, -0.05) is 24.3 Å². The lowest BCUT2D eigenvalue weighted by Crippen LogP contribution is -2.14. The molecule has 3 N–H and O–H groups in total. The molecule has 1 saturated carbocycles. The topological polar surface area (TPSA) is 113 Å². The van der Waals surface area contributed by atoms with Gasteiger partial charge in [0.1, 0.15) is 5.75 Å². The summed E-state index contributed by atoms with van der Waals surface area (Å²) in [6.45, 7) is 0.